The molecule has 1 heteroatoms. The molecule has 1 rings (SSSR count). The maximum atomic E-state index is 2.30. The van der Waals surface area contributed by atoms with Gasteiger partial charge in [0.25, 0.3) is 0 Å². The zero-order valence-corrected chi connectivity index (χ0v) is 9.11. The molecular weight excluding hydrogens is 159 g/mol. The van der Waals surface area contributed by atoms with E-state index in [-0.39, 0.29) is 1.43 Å². The molecule has 0 bridgehead atoms. The van der Waals surface area contributed by atoms with Crippen molar-refractivity contribution in [2.45, 2.75) is 24.4 Å². The van der Waals surface area contributed by atoms with Gasteiger partial charge in [-0.1, -0.05) is 0 Å². The van der Waals surface area contributed by atoms with Crippen LogP contribution in [0.1, 0.15) is 20.8 Å². The van der Waals surface area contributed by atoms with Crippen molar-refractivity contribution in [3.63, 3.8) is 0 Å². The van der Waals surface area contributed by atoms with Crippen molar-refractivity contribution in [1.29, 1.82) is 0 Å². The molecule has 0 aromatic heterocycles. The van der Waals surface area contributed by atoms with Gasteiger partial charge in [0.05, 0.1) is 0 Å². The van der Waals surface area contributed by atoms with Crippen LogP contribution in [0.3, 0.4) is 0 Å². The van der Waals surface area contributed by atoms with E-state index in [9.17, 15) is 0 Å². The topological polar surface area (TPSA) is 0 Å². The Morgan fingerprint density at radius 2 is 1.92 bits per heavy atom. The van der Waals surface area contributed by atoms with Gasteiger partial charge in [0.2, 0.25) is 0 Å². The molecule has 0 N–H and O–H groups in total. The Bertz CT molecular complexity index is 209. The van der Waals surface area contributed by atoms with Gasteiger partial charge >= 0.3 is 81.4 Å². The zero-order valence-electron chi connectivity index (χ0n) is 8.96. The van der Waals surface area contributed by atoms with E-state index < -0.39 is 0 Å². The maximum absolute atomic E-state index is 2.30. The van der Waals surface area contributed by atoms with E-state index >= 15 is 0 Å². The fourth-order valence-corrected chi connectivity index (χ4v) is 2.64. The molecule has 0 aliphatic carbocycles. The smallest absolute Gasteiger partial charge is 1.00 e. The SMILES string of the molecule is CC(C)[CH2][Al+][CH2]c1ccccc1.[H-]. The van der Waals surface area contributed by atoms with E-state index in [1.165, 1.54) is 16.1 Å². The molecule has 0 heterocycles. The van der Waals surface area contributed by atoms with Crippen LogP contribution in [0.2, 0.25) is 5.28 Å². The summed E-state index contributed by atoms with van der Waals surface area (Å²) >= 11 is 0.628. The molecule has 1 aromatic rings. The number of rotatable bonds is 4. The molecule has 64 valence electrons. The second kappa shape index (κ2) is 5.41. The van der Waals surface area contributed by atoms with Gasteiger partial charge in [-0.3, -0.25) is 0 Å². The summed E-state index contributed by atoms with van der Waals surface area (Å²) in [6, 6.07) is 10.8. The first-order valence-electron chi connectivity index (χ1n) is 4.64. The molecule has 0 aliphatic heterocycles. The number of benzene rings is 1. The van der Waals surface area contributed by atoms with Gasteiger partial charge in [0, 0.05) is 0 Å². The minimum absolute atomic E-state index is 0. The normalized spacial score (nSPS) is 9.92. The van der Waals surface area contributed by atoms with Crippen molar-refractivity contribution < 1.29 is 1.43 Å². The molecular formula is C11H17Al. The Morgan fingerprint density at radius 1 is 1.25 bits per heavy atom. The van der Waals surface area contributed by atoms with Gasteiger partial charge in [-0.15, -0.1) is 0 Å². The fraction of sp³-hybridized carbons (Fsp3) is 0.455. The summed E-state index contributed by atoms with van der Waals surface area (Å²) in [5.41, 5.74) is 1.51. The molecule has 1 aromatic carbocycles. The largest absolute Gasteiger partial charge is 1.00 e. The third-order valence-electron chi connectivity index (χ3n) is 1.86. The van der Waals surface area contributed by atoms with E-state index in [1.54, 1.807) is 0 Å². The van der Waals surface area contributed by atoms with Crippen LogP contribution in [-0.2, 0) is 5.28 Å². The summed E-state index contributed by atoms with van der Waals surface area (Å²) in [6.45, 7) is 4.61. The van der Waals surface area contributed by atoms with Gasteiger partial charge in [-0.2, -0.15) is 0 Å². The summed E-state index contributed by atoms with van der Waals surface area (Å²) in [6.07, 6.45) is 0. The van der Waals surface area contributed by atoms with E-state index in [0.717, 1.165) is 5.92 Å². The minimum Gasteiger partial charge on any atom is -1.00 e. The van der Waals surface area contributed by atoms with Crippen molar-refractivity contribution in [3.05, 3.63) is 35.9 Å². The van der Waals surface area contributed by atoms with Crippen LogP contribution in [0.4, 0.5) is 0 Å². The predicted octanol–water partition coefficient (Wildman–Crippen LogP) is 3.08. The molecule has 0 saturated carbocycles. The molecule has 0 atom stereocenters. The van der Waals surface area contributed by atoms with Crippen LogP contribution >= 0.6 is 0 Å². The molecule has 0 amide bonds. The maximum Gasteiger partial charge on any atom is -1.00 e. The van der Waals surface area contributed by atoms with Crippen molar-refractivity contribution in [1.82, 2.24) is 0 Å². The fourth-order valence-electron chi connectivity index (χ4n) is 1.20. The quantitative estimate of drug-likeness (QED) is 0.618. The summed E-state index contributed by atoms with van der Waals surface area (Å²) < 4.78 is 0. The standard InChI is InChI=1S/C7H7.C4H9.Al.H/c1-7-5-3-2-4-6-7;1-4(2)3;;/h2-6H,1H2;4H,1H2,2-3H3;;/q;;+1;-1. The average molecular weight is 176 g/mol. The first-order valence-corrected chi connectivity index (χ1v) is 6.28. The number of hydrogen-bond donors (Lipinski definition) is 0. The van der Waals surface area contributed by atoms with Crippen molar-refractivity contribution in [2.75, 3.05) is 0 Å². The Labute approximate surface area is 83.2 Å². The van der Waals surface area contributed by atoms with Gasteiger partial charge in [-0.25, -0.2) is 0 Å². The Kier molecular flexibility index (Phi) is 4.43. The summed E-state index contributed by atoms with van der Waals surface area (Å²) in [4.78, 5) is 0. The van der Waals surface area contributed by atoms with Crippen LogP contribution in [0.15, 0.2) is 30.3 Å². The van der Waals surface area contributed by atoms with Crippen molar-refractivity contribution in [2.24, 2.45) is 5.92 Å². The Balaban J connectivity index is 0.00000144. The molecule has 0 saturated heterocycles. The minimum atomic E-state index is 0. The van der Waals surface area contributed by atoms with Gasteiger partial charge in [-0.05, 0) is 0 Å². The summed E-state index contributed by atoms with van der Waals surface area (Å²) in [5.74, 6) is 0.878. The molecule has 0 radical (unpaired) electrons. The second-order valence-corrected chi connectivity index (χ2v) is 5.06. The van der Waals surface area contributed by atoms with Gasteiger partial charge in [0.15, 0.2) is 0 Å². The zero-order chi connectivity index (χ0) is 8.81. The molecule has 0 aliphatic rings. The molecule has 12 heavy (non-hydrogen) atoms. The van der Waals surface area contributed by atoms with Crippen LogP contribution in [0.5, 0.6) is 0 Å². The second-order valence-electron chi connectivity index (χ2n) is 3.61. The molecule has 0 nitrogen and oxygen atoms in total. The van der Waals surface area contributed by atoms with Gasteiger partial charge < -0.3 is 1.43 Å². The Morgan fingerprint density at radius 3 is 2.50 bits per heavy atom. The predicted molar refractivity (Wildman–Crippen MR) is 56.7 cm³/mol. The molecule has 0 unspecified atom stereocenters. The monoisotopic (exact) mass is 176 g/mol. The van der Waals surface area contributed by atoms with E-state index in [2.05, 4.69) is 44.2 Å². The van der Waals surface area contributed by atoms with Crippen LogP contribution < -0.4 is 0 Å². The first kappa shape index (κ1) is 9.84. The van der Waals surface area contributed by atoms with Crippen LogP contribution in [0.25, 0.3) is 0 Å². The third-order valence-corrected chi connectivity index (χ3v) is 3.90. The van der Waals surface area contributed by atoms with E-state index in [4.69, 9.17) is 0 Å². The molecule has 0 fully saturated rings. The first-order chi connectivity index (χ1) is 5.79. The van der Waals surface area contributed by atoms with Crippen LogP contribution in [-0.4, -0.2) is 15.2 Å². The summed E-state index contributed by atoms with van der Waals surface area (Å²) in [5, 5.41) is 2.74. The Hall–Kier alpha value is -0.248. The molecule has 0 spiro atoms. The van der Waals surface area contributed by atoms with Gasteiger partial charge in [0.1, 0.15) is 0 Å². The van der Waals surface area contributed by atoms with E-state index in [0.29, 0.717) is 15.2 Å². The average Bonchev–Trinajstić information content (AvgIpc) is 2.05. The third kappa shape index (κ3) is 3.95. The van der Waals surface area contributed by atoms with Crippen LogP contribution in [0, 0.1) is 5.92 Å². The van der Waals surface area contributed by atoms with E-state index in [1.807, 2.05) is 0 Å². The summed E-state index contributed by atoms with van der Waals surface area (Å²) in [7, 11) is 0. The van der Waals surface area contributed by atoms with Crippen molar-refractivity contribution in [3.8, 4) is 0 Å². The van der Waals surface area contributed by atoms with Crippen molar-refractivity contribution >= 4 is 15.2 Å². The number of hydrogen-bond acceptors (Lipinski definition) is 0.